The minimum Gasteiger partial charge on any atom is -0.353 e. The zero-order chi connectivity index (χ0) is 10.8. The van der Waals surface area contributed by atoms with Gasteiger partial charge in [-0.3, -0.25) is 0 Å². The standard InChI is InChI=1S/C14H18O2/c1-2-6-12-11(5-1)8-9-13(12)16-14-7-3-4-10-15-14/h1-2,5-6,13-14H,3-4,7-10H2. The van der Waals surface area contributed by atoms with Crippen LogP contribution in [0.4, 0.5) is 0 Å². The smallest absolute Gasteiger partial charge is 0.158 e. The molecule has 0 radical (unpaired) electrons. The fourth-order valence-electron chi connectivity index (χ4n) is 2.66. The molecule has 1 aliphatic heterocycles. The highest BCUT2D eigenvalue weighted by Crippen LogP contribution is 2.35. The third kappa shape index (κ3) is 2.00. The van der Waals surface area contributed by atoms with Gasteiger partial charge in [-0.25, -0.2) is 0 Å². The first-order valence-electron chi connectivity index (χ1n) is 6.28. The van der Waals surface area contributed by atoms with Crippen LogP contribution in [-0.4, -0.2) is 12.9 Å². The monoisotopic (exact) mass is 218 g/mol. The Bertz CT molecular complexity index is 356. The van der Waals surface area contributed by atoms with Gasteiger partial charge in [-0.2, -0.15) is 0 Å². The van der Waals surface area contributed by atoms with E-state index in [0.29, 0.717) is 0 Å². The Labute approximate surface area is 96.6 Å². The Hall–Kier alpha value is -0.860. The Morgan fingerprint density at radius 3 is 2.94 bits per heavy atom. The lowest BCUT2D eigenvalue weighted by Crippen LogP contribution is -2.23. The van der Waals surface area contributed by atoms with Crippen molar-refractivity contribution in [1.82, 2.24) is 0 Å². The molecule has 16 heavy (non-hydrogen) atoms. The van der Waals surface area contributed by atoms with E-state index in [-0.39, 0.29) is 12.4 Å². The summed E-state index contributed by atoms with van der Waals surface area (Å²) in [6, 6.07) is 8.61. The Balaban J connectivity index is 1.68. The van der Waals surface area contributed by atoms with E-state index in [4.69, 9.17) is 9.47 Å². The second-order valence-corrected chi connectivity index (χ2v) is 4.66. The van der Waals surface area contributed by atoms with E-state index in [1.807, 2.05) is 0 Å². The van der Waals surface area contributed by atoms with Crippen LogP contribution in [0.5, 0.6) is 0 Å². The SMILES string of the molecule is c1ccc2c(c1)CCC2OC1CCCCO1. The number of ether oxygens (including phenoxy) is 2. The van der Waals surface area contributed by atoms with Crippen molar-refractivity contribution in [3.05, 3.63) is 35.4 Å². The number of hydrogen-bond donors (Lipinski definition) is 0. The Morgan fingerprint density at radius 1 is 1.12 bits per heavy atom. The van der Waals surface area contributed by atoms with Gasteiger partial charge in [0.15, 0.2) is 6.29 Å². The average molecular weight is 218 g/mol. The van der Waals surface area contributed by atoms with Gasteiger partial charge < -0.3 is 9.47 Å². The second-order valence-electron chi connectivity index (χ2n) is 4.66. The highest BCUT2D eigenvalue weighted by molar-refractivity contribution is 5.33. The molecule has 2 aliphatic rings. The molecule has 86 valence electrons. The van der Waals surface area contributed by atoms with Gasteiger partial charge in [0.05, 0.1) is 6.10 Å². The third-order valence-electron chi connectivity index (χ3n) is 3.53. The summed E-state index contributed by atoms with van der Waals surface area (Å²) in [6.07, 6.45) is 6.02. The fourth-order valence-corrected chi connectivity index (χ4v) is 2.66. The molecule has 2 unspecified atom stereocenters. The first-order valence-corrected chi connectivity index (χ1v) is 6.28. The van der Waals surface area contributed by atoms with Gasteiger partial charge in [0.1, 0.15) is 0 Å². The summed E-state index contributed by atoms with van der Waals surface area (Å²) in [7, 11) is 0. The Morgan fingerprint density at radius 2 is 2.06 bits per heavy atom. The molecule has 0 spiro atoms. The van der Waals surface area contributed by atoms with Gasteiger partial charge in [0.2, 0.25) is 0 Å². The van der Waals surface area contributed by atoms with Crippen LogP contribution in [0.15, 0.2) is 24.3 Å². The van der Waals surface area contributed by atoms with E-state index in [0.717, 1.165) is 25.9 Å². The number of fused-ring (bicyclic) bond motifs is 1. The zero-order valence-electron chi connectivity index (χ0n) is 9.52. The van der Waals surface area contributed by atoms with Crippen molar-refractivity contribution >= 4 is 0 Å². The lowest BCUT2D eigenvalue weighted by molar-refractivity contribution is -0.189. The summed E-state index contributed by atoms with van der Waals surface area (Å²) in [4.78, 5) is 0. The van der Waals surface area contributed by atoms with Crippen LogP contribution in [0.3, 0.4) is 0 Å². The van der Waals surface area contributed by atoms with Crippen LogP contribution in [-0.2, 0) is 15.9 Å². The molecular weight excluding hydrogens is 200 g/mol. The molecule has 2 nitrogen and oxygen atoms in total. The van der Waals surface area contributed by atoms with Crippen molar-refractivity contribution < 1.29 is 9.47 Å². The summed E-state index contributed by atoms with van der Waals surface area (Å²) in [5.74, 6) is 0. The molecule has 1 fully saturated rings. The van der Waals surface area contributed by atoms with Crippen molar-refractivity contribution in [3.63, 3.8) is 0 Å². The van der Waals surface area contributed by atoms with Crippen LogP contribution in [0.25, 0.3) is 0 Å². The summed E-state index contributed by atoms with van der Waals surface area (Å²) in [6.45, 7) is 0.860. The van der Waals surface area contributed by atoms with E-state index in [1.165, 1.54) is 24.0 Å². The molecule has 0 saturated carbocycles. The van der Waals surface area contributed by atoms with Crippen LogP contribution >= 0.6 is 0 Å². The minimum absolute atomic E-state index is 0.0323. The molecule has 0 aromatic heterocycles. The van der Waals surface area contributed by atoms with E-state index < -0.39 is 0 Å². The second kappa shape index (κ2) is 4.56. The lowest BCUT2D eigenvalue weighted by Gasteiger charge is -2.26. The van der Waals surface area contributed by atoms with Gasteiger partial charge in [-0.1, -0.05) is 24.3 Å². The van der Waals surface area contributed by atoms with Gasteiger partial charge in [0.25, 0.3) is 0 Å². The van der Waals surface area contributed by atoms with Crippen molar-refractivity contribution in [2.75, 3.05) is 6.61 Å². The van der Waals surface area contributed by atoms with Gasteiger partial charge in [-0.05, 0) is 43.2 Å². The van der Waals surface area contributed by atoms with Crippen molar-refractivity contribution in [3.8, 4) is 0 Å². The molecule has 1 aliphatic carbocycles. The fraction of sp³-hybridized carbons (Fsp3) is 0.571. The van der Waals surface area contributed by atoms with Crippen LogP contribution < -0.4 is 0 Å². The third-order valence-corrected chi connectivity index (χ3v) is 3.53. The summed E-state index contributed by atoms with van der Waals surface area (Å²) in [5, 5.41) is 0. The number of aryl methyl sites for hydroxylation is 1. The molecule has 1 heterocycles. The summed E-state index contributed by atoms with van der Waals surface area (Å²) < 4.78 is 11.7. The molecule has 3 rings (SSSR count). The van der Waals surface area contributed by atoms with Gasteiger partial charge in [0, 0.05) is 6.61 Å². The average Bonchev–Trinajstić information content (AvgIpc) is 2.74. The van der Waals surface area contributed by atoms with E-state index in [1.54, 1.807) is 0 Å². The lowest BCUT2D eigenvalue weighted by atomic mass is 10.1. The van der Waals surface area contributed by atoms with Gasteiger partial charge in [-0.15, -0.1) is 0 Å². The highest BCUT2D eigenvalue weighted by Gasteiger charge is 2.26. The molecule has 0 N–H and O–H groups in total. The zero-order valence-corrected chi connectivity index (χ0v) is 9.52. The first kappa shape index (κ1) is 10.3. The maximum Gasteiger partial charge on any atom is 0.158 e. The number of benzene rings is 1. The quantitative estimate of drug-likeness (QED) is 0.758. The van der Waals surface area contributed by atoms with Crippen LogP contribution in [0.1, 0.15) is 42.9 Å². The molecule has 0 bridgehead atoms. The van der Waals surface area contributed by atoms with E-state index >= 15 is 0 Å². The molecule has 0 amide bonds. The number of hydrogen-bond acceptors (Lipinski definition) is 2. The first-order chi connectivity index (χ1) is 7.93. The maximum atomic E-state index is 6.06. The predicted octanol–water partition coefficient (Wildman–Crippen LogP) is 3.22. The van der Waals surface area contributed by atoms with Crippen molar-refractivity contribution in [2.24, 2.45) is 0 Å². The molecular formula is C14H18O2. The highest BCUT2D eigenvalue weighted by atomic mass is 16.7. The minimum atomic E-state index is 0.0323. The molecule has 2 atom stereocenters. The van der Waals surface area contributed by atoms with Crippen molar-refractivity contribution in [2.45, 2.75) is 44.5 Å². The summed E-state index contributed by atoms with van der Waals surface area (Å²) in [5.41, 5.74) is 2.82. The predicted molar refractivity (Wildman–Crippen MR) is 62.2 cm³/mol. The topological polar surface area (TPSA) is 18.5 Å². The van der Waals surface area contributed by atoms with Gasteiger partial charge >= 0.3 is 0 Å². The molecule has 1 saturated heterocycles. The van der Waals surface area contributed by atoms with Crippen LogP contribution in [0, 0.1) is 0 Å². The van der Waals surface area contributed by atoms with Crippen LogP contribution in [0.2, 0.25) is 0 Å². The largest absolute Gasteiger partial charge is 0.353 e. The Kier molecular flexibility index (Phi) is 2.94. The van der Waals surface area contributed by atoms with Crippen molar-refractivity contribution in [1.29, 1.82) is 0 Å². The summed E-state index contributed by atoms with van der Waals surface area (Å²) >= 11 is 0. The number of rotatable bonds is 2. The van der Waals surface area contributed by atoms with E-state index in [9.17, 15) is 0 Å². The molecule has 1 aromatic carbocycles. The molecule has 1 aromatic rings. The molecule has 2 heteroatoms. The normalized spacial score (nSPS) is 29.0. The maximum absolute atomic E-state index is 6.06. The van der Waals surface area contributed by atoms with E-state index in [2.05, 4.69) is 24.3 Å².